The molecule has 2 aromatic rings. The van der Waals surface area contributed by atoms with Crippen molar-refractivity contribution in [1.29, 1.82) is 0 Å². The number of nitrogens with one attached hydrogen (secondary N) is 1. The van der Waals surface area contributed by atoms with Gasteiger partial charge in [0.25, 0.3) is 0 Å². The van der Waals surface area contributed by atoms with Gasteiger partial charge in [0.1, 0.15) is 18.2 Å². The number of thioether (sulfide) groups is 1. The zero-order chi connectivity index (χ0) is 16.8. The van der Waals surface area contributed by atoms with Gasteiger partial charge in [0.2, 0.25) is 5.91 Å². The lowest BCUT2D eigenvalue weighted by Gasteiger charge is -2.24. The fourth-order valence-electron chi connectivity index (χ4n) is 2.17. The van der Waals surface area contributed by atoms with Crippen LogP contribution in [0.5, 0.6) is 0 Å². The van der Waals surface area contributed by atoms with Crippen LogP contribution in [0.1, 0.15) is 11.6 Å². The highest BCUT2D eigenvalue weighted by Gasteiger charge is 2.25. The van der Waals surface area contributed by atoms with Gasteiger partial charge in [-0.3, -0.25) is 9.69 Å². The molecule has 0 aliphatic carbocycles. The van der Waals surface area contributed by atoms with Crippen LogP contribution in [0.25, 0.3) is 0 Å². The number of hydrogen-bond donors (Lipinski definition) is 1. The Bertz CT molecular complexity index is 661. The Hall–Kier alpha value is -1.93. The predicted octanol–water partition coefficient (Wildman–Crippen LogP) is 1.47. The van der Waals surface area contributed by atoms with E-state index in [1.807, 2.05) is 11.6 Å². The van der Waals surface area contributed by atoms with Crippen molar-refractivity contribution >= 4 is 17.7 Å². The molecule has 0 unspecified atom stereocenters. The molecule has 1 aromatic carbocycles. The van der Waals surface area contributed by atoms with E-state index in [4.69, 9.17) is 0 Å². The number of carbonyl (C=O) groups excluding carboxylic acids is 1. The monoisotopic (exact) mass is 337 g/mol. The number of halogens is 1. The summed E-state index contributed by atoms with van der Waals surface area (Å²) in [6, 6.07) is 5.68. The van der Waals surface area contributed by atoms with Gasteiger partial charge in [-0.05, 0) is 20.2 Å². The van der Waals surface area contributed by atoms with E-state index in [-0.39, 0.29) is 11.7 Å². The van der Waals surface area contributed by atoms with E-state index in [0.717, 1.165) is 5.16 Å². The molecule has 0 saturated carbocycles. The molecule has 23 heavy (non-hydrogen) atoms. The van der Waals surface area contributed by atoms with Crippen molar-refractivity contribution in [3.8, 4) is 0 Å². The predicted molar refractivity (Wildman–Crippen MR) is 87.6 cm³/mol. The first-order chi connectivity index (χ1) is 11.0. The van der Waals surface area contributed by atoms with Crippen LogP contribution in [0.15, 0.2) is 35.7 Å². The molecule has 1 N–H and O–H groups in total. The molecule has 0 spiro atoms. The molecule has 0 aliphatic heterocycles. The highest BCUT2D eigenvalue weighted by atomic mass is 32.2. The first-order valence-corrected chi connectivity index (χ1v) is 8.14. The molecule has 1 amide bonds. The van der Waals surface area contributed by atoms with Gasteiger partial charge >= 0.3 is 0 Å². The maximum absolute atomic E-state index is 14.0. The Kier molecular flexibility index (Phi) is 6.12. The molecule has 0 fully saturated rings. The Balaban J connectivity index is 1.92. The quantitative estimate of drug-likeness (QED) is 0.612. The largest absolute Gasteiger partial charge is 0.354 e. The van der Waals surface area contributed by atoms with E-state index in [9.17, 15) is 9.18 Å². The molecule has 6 nitrogen and oxygen atoms in total. The smallest absolute Gasteiger partial charge is 0.242 e. The van der Waals surface area contributed by atoms with Gasteiger partial charge in [0, 0.05) is 24.9 Å². The number of amides is 1. The Morgan fingerprint density at radius 1 is 1.43 bits per heavy atom. The fourth-order valence-corrected chi connectivity index (χ4v) is 2.91. The van der Waals surface area contributed by atoms with Crippen molar-refractivity contribution in [2.45, 2.75) is 11.2 Å². The second-order valence-electron chi connectivity index (χ2n) is 5.25. The number of nitrogens with zero attached hydrogens (tertiary/aromatic N) is 4. The van der Waals surface area contributed by atoms with Gasteiger partial charge < -0.3 is 9.88 Å². The summed E-state index contributed by atoms with van der Waals surface area (Å²) in [5, 5.41) is 11.4. The molecular formula is C15H20FN5OS. The van der Waals surface area contributed by atoms with Gasteiger partial charge in [-0.2, -0.15) is 0 Å². The van der Waals surface area contributed by atoms with Crippen LogP contribution in [0.3, 0.4) is 0 Å². The first-order valence-electron chi connectivity index (χ1n) is 7.16. The lowest BCUT2D eigenvalue weighted by Crippen LogP contribution is -2.38. The molecule has 1 heterocycles. The van der Waals surface area contributed by atoms with Crippen LogP contribution in [-0.4, -0.2) is 52.0 Å². The standard InChI is InChI=1S/C15H20FN5OS/c1-20(2)13(11-6-4-5-7-12(11)16)14(22)17-8-9-23-15-19-18-10-21(15)3/h4-7,10,13H,8-9H2,1-3H3,(H,17,22)/t13-/m1/s1. The average molecular weight is 337 g/mol. The summed E-state index contributed by atoms with van der Waals surface area (Å²) in [5.41, 5.74) is 0.371. The zero-order valence-corrected chi connectivity index (χ0v) is 14.2. The maximum atomic E-state index is 14.0. The number of hydrogen-bond acceptors (Lipinski definition) is 5. The fraction of sp³-hybridized carbons (Fsp3) is 0.400. The van der Waals surface area contributed by atoms with Gasteiger partial charge in [0.15, 0.2) is 5.16 Å². The third-order valence-electron chi connectivity index (χ3n) is 3.27. The summed E-state index contributed by atoms with van der Waals surface area (Å²) in [6.07, 6.45) is 1.63. The van der Waals surface area contributed by atoms with Crippen molar-refractivity contribution < 1.29 is 9.18 Å². The van der Waals surface area contributed by atoms with Crippen molar-refractivity contribution in [1.82, 2.24) is 25.0 Å². The summed E-state index contributed by atoms with van der Waals surface area (Å²) < 4.78 is 15.8. The third kappa shape index (κ3) is 4.52. The van der Waals surface area contributed by atoms with E-state index in [1.165, 1.54) is 17.8 Å². The lowest BCUT2D eigenvalue weighted by molar-refractivity contribution is -0.125. The second kappa shape index (κ2) is 8.07. The second-order valence-corrected chi connectivity index (χ2v) is 6.31. The Morgan fingerprint density at radius 2 is 2.17 bits per heavy atom. The molecule has 0 saturated heterocycles. The van der Waals surface area contributed by atoms with Crippen LogP contribution in [0.2, 0.25) is 0 Å². The normalized spacial score (nSPS) is 12.4. The van der Waals surface area contributed by atoms with Crippen molar-refractivity contribution in [3.63, 3.8) is 0 Å². The van der Waals surface area contributed by atoms with E-state index in [2.05, 4.69) is 15.5 Å². The highest BCUT2D eigenvalue weighted by Crippen LogP contribution is 2.21. The molecule has 0 bridgehead atoms. The van der Waals surface area contributed by atoms with Crippen molar-refractivity contribution in [2.24, 2.45) is 7.05 Å². The molecule has 0 aliphatic rings. The minimum atomic E-state index is -0.656. The van der Waals surface area contributed by atoms with Gasteiger partial charge in [-0.1, -0.05) is 30.0 Å². The number of carbonyl (C=O) groups is 1. The number of aromatic nitrogens is 3. The van der Waals surface area contributed by atoms with E-state index >= 15 is 0 Å². The molecule has 8 heteroatoms. The lowest BCUT2D eigenvalue weighted by atomic mass is 10.0. The minimum Gasteiger partial charge on any atom is -0.354 e. The summed E-state index contributed by atoms with van der Waals surface area (Å²) in [4.78, 5) is 14.1. The van der Waals surface area contributed by atoms with Crippen molar-refractivity contribution in [3.05, 3.63) is 42.0 Å². The number of rotatable bonds is 7. The zero-order valence-electron chi connectivity index (χ0n) is 13.4. The van der Waals surface area contributed by atoms with Gasteiger partial charge in [-0.25, -0.2) is 4.39 Å². The number of aryl methyl sites for hydroxylation is 1. The Labute approximate surface area is 139 Å². The molecule has 0 radical (unpaired) electrons. The first kappa shape index (κ1) is 17.4. The minimum absolute atomic E-state index is 0.223. The Morgan fingerprint density at radius 3 is 2.78 bits per heavy atom. The van der Waals surface area contributed by atoms with Crippen LogP contribution < -0.4 is 5.32 Å². The van der Waals surface area contributed by atoms with E-state index in [0.29, 0.717) is 17.9 Å². The summed E-state index contributed by atoms with van der Waals surface area (Å²) >= 11 is 1.50. The molecule has 1 aromatic heterocycles. The van der Waals surface area contributed by atoms with Crippen LogP contribution in [0.4, 0.5) is 4.39 Å². The molecule has 1 atom stereocenters. The summed E-state index contributed by atoms with van der Waals surface area (Å²) in [5.74, 6) is 0.0591. The summed E-state index contributed by atoms with van der Waals surface area (Å²) in [7, 11) is 5.37. The molecular weight excluding hydrogens is 317 g/mol. The van der Waals surface area contributed by atoms with Crippen LogP contribution in [0, 0.1) is 5.82 Å². The number of likely N-dealkylation sites (N-methyl/N-ethyl adjacent to an activating group) is 1. The van der Waals surface area contributed by atoms with Crippen molar-refractivity contribution in [2.75, 3.05) is 26.4 Å². The molecule has 124 valence electrons. The average Bonchev–Trinajstić information content (AvgIpc) is 2.91. The van der Waals surface area contributed by atoms with Crippen LogP contribution >= 0.6 is 11.8 Å². The highest BCUT2D eigenvalue weighted by molar-refractivity contribution is 7.99. The van der Waals surface area contributed by atoms with Gasteiger partial charge in [0.05, 0.1) is 0 Å². The SMILES string of the molecule is CN(C)[C@@H](C(=O)NCCSc1nncn1C)c1ccccc1F. The van der Waals surface area contributed by atoms with E-state index in [1.54, 1.807) is 43.5 Å². The topological polar surface area (TPSA) is 63.1 Å². The van der Waals surface area contributed by atoms with E-state index < -0.39 is 6.04 Å². The molecule has 2 rings (SSSR count). The maximum Gasteiger partial charge on any atom is 0.242 e. The summed E-state index contributed by atoms with van der Waals surface area (Å²) in [6.45, 7) is 0.467. The number of benzene rings is 1. The third-order valence-corrected chi connectivity index (χ3v) is 4.30. The van der Waals surface area contributed by atoms with Crippen LogP contribution in [-0.2, 0) is 11.8 Å². The van der Waals surface area contributed by atoms with Gasteiger partial charge in [-0.15, -0.1) is 10.2 Å².